The fraction of sp³-hybridized carbons (Fsp3) is 0.900. The van der Waals surface area contributed by atoms with Crippen molar-refractivity contribution in [2.24, 2.45) is 0 Å². The van der Waals surface area contributed by atoms with Crippen LogP contribution in [-0.2, 0) is 0 Å². The molecule has 0 radical (unpaired) electrons. The maximum atomic E-state index is 11.8. The van der Waals surface area contributed by atoms with Gasteiger partial charge in [-0.3, -0.25) is 0 Å². The summed E-state index contributed by atoms with van der Waals surface area (Å²) in [4.78, 5) is 13.7. The molecule has 0 aromatic carbocycles. The number of hydrogen-bond donors (Lipinski definition) is 2. The van der Waals surface area contributed by atoms with Crippen molar-refractivity contribution >= 4 is 6.03 Å². The molecular weight excluding hydrogens is 178 g/mol. The summed E-state index contributed by atoms with van der Waals surface area (Å²) in [6, 6.07) is 0.654. The van der Waals surface area contributed by atoms with Crippen LogP contribution in [0.25, 0.3) is 0 Å². The quantitative estimate of drug-likeness (QED) is 0.706. The van der Waals surface area contributed by atoms with Gasteiger partial charge in [0.2, 0.25) is 0 Å². The molecule has 1 atom stereocenters. The second-order valence-electron chi connectivity index (χ2n) is 4.04. The number of rotatable bonds is 3. The number of amides is 2. The molecule has 0 aliphatic carbocycles. The fourth-order valence-corrected chi connectivity index (χ4v) is 1.80. The summed E-state index contributed by atoms with van der Waals surface area (Å²) in [6.07, 6.45) is 1.07. The first-order chi connectivity index (χ1) is 6.65. The van der Waals surface area contributed by atoms with Gasteiger partial charge < -0.3 is 15.5 Å². The van der Waals surface area contributed by atoms with E-state index in [-0.39, 0.29) is 12.1 Å². The standard InChI is InChI=1S/C10H21N3O/c1-4-13(9-5-6-11-7-9)10(14)12-8(2)3/h8-9,11H,4-7H2,1-3H3,(H,12,14). The van der Waals surface area contributed by atoms with Crippen molar-refractivity contribution < 1.29 is 4.79 Å². The third kappa shape index (κ3) is 2.87. The Labute approximate surface area is 86.0 Å². The predicted molar refractivity (Wildman–Crippen MR) is 57.3 cm³/mol. The highest BCUT2D eigenvalue weighted by Gasteiger charge is 2.25. The van der Waals surface area contributed by atoms with Crippen molar-refractivity contribution in [1.29, 1.82) is 0 Å². The number of carbonyl (C=O) groups is 1. The fourth-order valence-electron chi connectivity index (χ4n) is 1.80. The molecule has 82 valence electrons. The first-order valence-electron chi connectivity index (χ1n) is 5.43. The molecule has 2 N–H and O–H groups in total. The van der Waals surface area contributed by atoms with Crippen molar-refractivity contribution in [3.05, 3.63) is 0 Å². The molecule has 1 unspecified atom stereocenters. The van der Waals surface area contributed by atoms with E-state index in [2.05, 4.69) is 10.6 Å². The molecular formula is C10H21N3O. The van der Waals surface area contributed by atoms with Crippen LogP contribution in [0.4, 0.5) is 4.79 Å². The van der Waals surface area contributed by atoms with E-state index in [1.807, 2.05) is 25.7 Å². The van der Waals surface area contributed by atoms with Gasteiger partial charge in [0.05, 0.1) is 0 Å². The second kappa shape index (κ2) is 5.20. The van der Waals surface area contributed by atoms with Crippen molar-refractivity contribution in [3.8, 4) is 0 Å². The van der Waals surface area contributed by atoms with Crippen LogP contribution in [0.2, 0.25) is 0 Å². The number of carbonyl (C=O) groups excluding carboxylic acids is 1. The van der Waals surface area contributed by atoms with E-state index in [0.29, 0.717) is 6.04 Å². The molecule has 4 heteroatoms. The van der Waals surface area contributed by atoms with Crippen molar-refractivity contribution in [3.63, 3.8) is 0 Å². The maximum Gasteiger partial charge on any atom is 0.317 e. The largest absolute Gasteiger partial charge is 0.336 e. The smallest absolute Gasteiger partial charge is 0.317 e. The molecule has 1 aliphatic rings. The van der Waals surface area contributed by atoms with Gasteiger partial charge >= 0.3 is 6.03 Å². The zero-order chi connectivity index (χ0) is 10.6. The minimum atomic E-state index is 0.0659. The van der Waals surface area contributed by atoms with Gasteiger partial charge in [0.15, 0.2) is 0 Å². The average Bonchev–Trinajstić information content (AvgIpc) is 2.57. The zero-order valence-corrected chi connectivity index (χ0v) is 9.34. The Hall–Kier alpha value is -0.770. The molecule has 2 amide bonds. The monoisotopic (exact) mass is 199 g/mol. The van der Waals surface area contributed by atoms with E-state index in [1.54, 1.807) is 0 Å². The lowest BCUT2D eigenvalue weighted by Crippen LogP contribution is -2.48. The van der Waals surface area contributed by atoms with Crippen LogP contribution in [0.5, 0.6) is 0 Å². The lowest BCUT2D eigenvalue weighted by molar-refractivity contribution is 0.180. The molecule has 1 rings (SSSR count). The highest BCUT2D eigenvalue weighted by molar-refractivity contribution is 5.74. The lowest BCUT2D eigenvalue weighted by atomic mass is 10.2. The van der Waals surface area contributed by atoms with E-state index in [0.717, 1.165) is 26.1 Å². The molecule has 14 heavy (non-hydrogen) atoms. The van der Waals surface area contributed by atoms with E-state index < -0.39 is 0 Å². The first-order valence-corrected chi connectivity index (χ1v) is 5.43. The first kappa shape index (κ1) is 11.3. The van der Waals surface area contributed by atoms with Gasteiger partial charge in [-0.25, -0.2) is 4.79 Å². The minimum Gasteiger partial charge on any atom is -0.336 e. The van der Waals surface area contributed by atoms with E-state index >= 15 is 0 Å². The van der Waals surface area contributed by atoms with Crippen LogP contribution in [-0.4, -0.2) is 42.6 Å². The molecule has 1 aliphatic heterocycles. The lowest BCUT2D eigenvalue weighted by Gasteiger charge is -2.28. The van der Waals surface area contributed by atoms with Crippen LogP contribution in [0, 0.1) is 0 Å². The summed E-state index contributed by atoms with van der Waals surface area (Å²) in [5.41, 5.74) is 0. The van der Waals surface area contributed by atoms with Crippen LogP contribution >= 0.6 is 0 Å². The predicted octanol–water partition coefficient (Wildman–Crippen LogP) is 0.788. The molecule has 1 heterocycles. The Bertz CT molecular complexity index is 188. The molecule has 1 fully saturated rings. The highest BCUT2D eigenvalue weighted by Crippen LogP contribution is 2.08. The third-order valence-corrected chi connectivity index (χ3v) is 2.49. The average molecular weight is 199 g/mol. The number of likely N-dealkylation sites (N-methyl/N-ethyl adjacent to an activating group) is 1. The number of nitrogens with zero attached hydrogens (tertiary/aromatic N) is 1. The summed E-state index contributed by atoms with van der Waals surface area (Å²) >= 11 is 0. The van der Waals surface area contributed by atoms with E-state index in [1.165, 1.54) is 0 Å². The van der Waals surface area contributed by atoms with Crippen molar-refractivity contribution in [1.82, 2.24) is 15.5 Å². The SMILES string of the molecule is CCN(C(=O)NC(C)C)C1CCNC1. The highest BCUT2D eigenvalue weighted by atomic mass is 16.2. The summed E-state index contributed by atoms with van der Waals surface area (Å²) in [7, 11) is 0. The van der Waals surface area contributed by atoms with E-state index in [4.69, 9.17) is 0 Å². The van der Waals surface area contributed by atoms with Gasteiger partial charge in [-0.1, -0.05) is 0 Å². The Kier molecular flexibility index (Phi) is 4.20. The number of nitrogens with one attached hydrogen (secondary N) is 2. The molecule has 4 nitrogen and oxygen atoms in total. The van der Waals surface area contributed by atoms with Gasteiger partial charge in [-0.15, -0.1) is 0 Å². The Morgan fingerprint density at radius 3 is 2.79 bits per heavy atom. The van der Waals surface area contributed by atoms with Gasteiger partial charge in [0.1, 0.15) is 0 Å². The van der Waals surface area contributed by atoms with Crippen molar-refractivity contribution in [2.45, 2.75) is 39.3 Å². The van der Waals surface area contributed by atoms with Crippen LogP contribution in [0.1, 0.15) is 27.2 Å². The normalized spacial score (nSPS) is 21.3. The van der Waals surface area contributed by atoms with E-state index in [9.17, 15) is 4.79 Å². The molecule has 0 bridgehead atoms. The summed E-state index contributed by atoms with van der Waals surface area (Å²) in [5.74, 6) is 0. The minimum absolute atomic E-state index is 0.0659. The number of urea groups is 1. The molecule has 0 aromatic heterocycles. The van der Waals surface area contributed by atoms with Crippen molar-refractivity contribution in [2.75, 3.05) is 19.6 Å². The van der Waals surface area contributed by atoms with Crippen LogP contribution < -0.4 is 10.6 Å². The summed E-state index contributed by atoms with van der Waals surface area (Å²) < 4.78 is 0. The molecule has 0 spiro atoms. The van der Waals surface area contributed by atoms with Crippen LogP contribution in [0.15, 0.2) is 0 Å². The van der Waals surface area contributed by atoms with Gasteiger partial charge in [-0.2, -0.15) is 0 Å². The second-order valence-corrected chi connectivity index (χ2v) is 4.04. The van der Waals surface area contributed by atoms with Crippen LogP contribution in [0.3, 0.4) is 0 Å². The zero-order valence-electron chi connectivity index (χ0n) is 9.34. The molecule has 1 saturated heterocycles. The number of hydrogen-bond acceptors (Lipinski definition) is 2. The van der Waals surface area contributed by atoms with Gasteiger partial charge in [0.25, 0.3) is 0 Å². The van der Waals surface area contributed by atoms with Gasteiger partial charge in [0, 0.05) is 25.2 Å². The Balaban J connectivity index is 2.47. The summed E-state index contributed by atoms with van der Waals surface area (Å²) in [6.45, 7) is 8.73. The summed E-state index contributed by atoms with van der Waals surface area (Å²) in [5, 5.41) is 6.20. The topological polar surface area (TPSA) is 44.4 Å². The molecule has 0 aromatic rings. The molecule has 0 saturated carbocycles. The Morgan fingerprint density at radius 1 is 1.64 bits per heavy atom. The third-order valence-electron chi connectivity index (χ3n) is 2.49. The Morgan fingerprint density at radius 2 is 2.36 bits per heavy atom. The maximum absolute atomic E-state index is 11.8. The van der Waals surface area contributed by atoms with Gasteiger partial charge in [-0.05, 0) is 33.7 Å².